The Morgan fingerprint density at radius 3 is 2.58 bits per heavy atom. The molecule has 4 fully saturated rings. The van der Waals surface area contributed by atoms with Gasteiger partial charge in [0.05, 0.1) is 19.3 Å². The van der Waals surface area contributed by atoms with Gasteiger partial charge in [-0.2, -0.15) is 0 Å². The highest BCUT2D eigenvalue weighted by Crippen LogP contribution is 2.63. The van der Waals surface area contributed by atoms with Gasteiger partial charge in [-0.15, -0.1) is 0 Å². The quantitative estimate of drug-likeness (QED) is 0.685. The Labute approximate surface area is 188 Å². The van der Waals surface area contributed by atoms with E-state index in [-0.39, 0.29) is 30.8 Å². The lowest BCUT2D eigenvalue weighted by Crippen LogP contribution is -2.65. The van der Waals surface area contributed by atoms with Crippen LogP contribution in [0.3, 0.4) is 0 Å². The number of hydrogen-bond acceptors (Lipinski definition) is 4. The van der Waals surface area contributed by atoms with Crippen LogP contribution in [0.1, 0.15) is 85.5 Å². The molecule has 4 rings (SSSR count). The van der Waals surface area contributed by atoms with Crippen LogP contribution >= 0.6 is 0 Å². The maximum Gasteiger partial charge on any atom is 0.225 e. The van der Waals surface area contributed by atoms with Crippen LogP contribution in [-0.4, -0.2) is 58.5 Å². The van der Waals surface area contributed by atoms with E-state index in [1.807, 2.05) is 13.8 Å². The van der Waals surface area contributed by atoms with E-state index in [0.717, 1.165) is 44.1 Å². The summed E-state index contributed by atoms with van der Waals surface area (Å²) in [6.45, 7) is 10.0. The second-order valence-electron chi connectivity index (χ2n) is 11.9. The SMILES string of the molecule is CC(C)C(=O)N1CCC[C@H]2[C@H]3CCC4C[C@@H](OC[C@H](O)CO)CC[C@]4(C)[C@H]3CC[C@@]21C. The summed E-state index contributed by atoms with van der Waals surface area (Å²) in [4.78, 5) is 15.3. The number of rotatable bonds is 5. The van der Waals surface area contributed by atoms with Crippen LogP contribution in [0.15, 0.2) is 0 Å². The summed E-state index contributed by atoms with van der Waals surface area (Å²) < 4.78 is 5.98. The molecule has 3 aliphatic carbocycles. The van der Waals surface area contributed by atoms with Gasteiger partial charge in [-0.3, -0.25) is 4.79 Å². The maximum absolute atomic E-state index is 13.1. The van der Waals surface area contributed by atoms with Crippen LogP contribution in [0.2, 0.25) is 0 Å². The molecule has 5 heteroatoms. The van der Waals surface area contributed by atoms with Crippen molar-refractivity contribution in [2.75, 3.05) is 19.8 Å². The number of aliphatic hydroxyl groups is 2. The largest absolute Gasteiger partial charge is 0.394 e. The zero-order valence-electron chi connectivity index (χ0n) is 20.2. The van der Waals surface area contributed by atoms with E-state index in [0.29, 0.717) is 23.2 Å². The number of ether oxygens (including phenoxy) is 1. The first-order valence-corrected chi connectivity index (χ1v) is 12.9. The summed E-state index contributed by atoms with van der Waals surface area (Å²) in [5, 5.41) is 18.7. The molecule has 1 aliphatic heterocycles. The van der Waals surface area contributed by atoms with Crippen LogP contribution in [0.5, 0.6) is 0 Å². The van der Waals surface area contributed by atoms with Gasteiger partial charge in [0.15, 0.2) is 0 Å². The molecule has 1 saturated heterocycles. The molecule has 5 nitrogen and oxygen atoms in total. The van der Waals surface area contributed by atoms with Crippen molar-refractivity contribution in [3.05, 3.63) is 0 Å². The number of piperidine rings is 1. The fourth-order valence-corrected chi connectivity index (χ4v) is 8.23. The molecule has 8 atom stereocenters. The Balaban J connectivity index is 1.47. The molecular weight excluding hydrogens is 390 g/mol. The van der Waals surface area contributed by atoms with Gasteiger partial charge < -0.3 is 19.8 Å². The standard InChI is InChI=1S/C26H45NO4/c1-17(2)24(30)27-13-5-6-23-21-8-7-18-14-20(31-16-19(29)15-28)9-11-25(18,3)22(21)10-12-26(23,27)4/h17-23,28-29H,5-16H2,1-4H3/t18?,19-,20+,21+,22+,23+,25+,26+/m1/s1. The van der Waals surface area contributed by atoms with Crippen molar-refractivity contribution in [1.29, 1.82) is 0 Å². The number of aliphatic hydroxyl groups excluding tert-OH is 2. The Bertz CT molecular complexity index is 653. The van der Waals surface area contributed by atoms with Crippen LogP contribution in [0, 0.1) is 35.0 Å². The van der Waals surface area contributed by atoms with Crippen molar-refractivity contribution in [2.24, 2.45) is 35.0 Å². The lowest BCUT2D eigenvalue weighted by Gasteiger charge is -2.64. The minimum absolute atomic E-state index is 0.0463. The lowest BCUT2D eigenvalue weighted by atomic mass is 9.45. The normalized spacial score (nSPS) is 43.7. The van der Waals surface area contributed by atoms with Gasteiger partial charge in [0.25, 0.3) is 0 Å². The highest BCUT2D eigenvalue weighted by atomic mass is 16.5. The maximum atomic E-state index is 13.1. The predicted octanol–water partition coefficient (Wildman–Crippen LogP) is 4.00. The monoisotopic (exact) mass is 435 g/mol. The molecule has 1 unspecified atom stereocenters. The third kappa shape index (κ3) is 4.08. The summed E-state index contributed by atoms with van der Waals surface area (Å²) in [7, 11) is 0. The first-order valence-electron chi connectivity index (χ1n) is 12.9. The average Bonchev–Trinajstić information content (AvgIpc) is 2.75. The Hall–Kier alpha value is -0.650. The average molecular weight is 436 g/mol. The van der Waals surface area contributed by atoms with E-state index in [1.165, 1.54) is 32.1 Å². The summed E-state index contributed by atoms with van der Waals surface area (Å²) >= 11 is 0. The smallest absolute Gasteiger partial charge is 0.225 e. The van der Waals surface area contributed by atoms with Crippen LogP contribution in [0.25, 0.3) is 0 Å². The highest BCUT2D eigenvalue weighted by Gasteiger charge is 2.59. The molecular formula is C26H45NO4. The van der Waals surface area contributed by atoms with Gasteiger partial charge >= 0.3 is 0 Å². The highest BCUT2D eigenvalue weighted by molar-refractivity contribution is 5.79. The first-order chi connectivity index (χ1) is 14.7. The number of hydrogen-bond donors (Lipinski definition) is 2. The third-order valence-corrected chi connectivity index (χ3v) is 9.98. The molecule has 2 N–H and O–H groups in total. The summed E-state index contributed by atoms with van der Waals surface area (Å²) in [5.74, 6) is 3.29. The molecule has 3 saturated carbocycles. The van der Waals surface area contributed by atoms with Gasteiger partial charge in [0.2, 0.25) is 5.91 Å². The zero-order valence-corrected chi connectivity index (χ0v) is 20.2. The van der Waals surface area contributed by atoms with Gasteiger partial charge in [0, 0.05) is 18.0 Å². The lowest BCUT2D eigenvalue weighted by molar-refractivity contribution is -0.171. The van der Waals surface area contributed by atoms with Gasteiger partial charge in [-0.1, -0.05) is 20.8 Å². The topological polar surface area (TPSA) is 70.0 Å². The van der Waals surface area contributed by atoms with Crippen LogP contribution in [0.4, 0.5) is 0 Å². The number of fused-ring (bicyclic) bond motifs is 5. The van der Waals surface area contributed by atoms with Crippen molar-refractivity contribution in [2.45, 2.75) is 103 Å². The molecule has 0 bridgehead atoms. The van der Waals surface area contributed by atoms with Crippen molar-refractivity contribution in [1.82, 2.24) is 4.90 Å². The molecule has 31 heavy (non-hydrogen) atoms. The van der Waals surface area contributed by atoms with Crippen LogP contribution in [-0.2, 0) is 9.53 Å². The molecule has 1 amide bonds. The number of amides is 1. The first kappa shape index (κ1) is 23.5. The summed E-state index contributed by atoms with van der Waals surface area (Å²) in [6, 6.07) is 0. The van der Waals surface area contributed by atoms with Crippen molar-refractivity contribution >= 4 is 5.91 Å². The summed E-state index contributed by atoms with van der Waals surface area (Å²) in [5.41, 5.74) is 0.425. The molecule has 0 aromatic carbocycles. The third-order valence-electron chi connectivity index (χ3n) is 9.98. The van der Waals surface area contributed by atoms with Gasteiger partial charge in [0.1, 0.15) is 6.10 Å². The molecule has 0 spiro atoms. The van der Waals surface area contributed by atoms with Crippen molar-refractivity contribution in [3.63, 3.8) is 0 Å². The fraction of sp³-hybridized carbons (Fsp3) is 0.962. The predicted molar refractivity (Wildman–Crippen MR) is 121 cm³/mol. The number of likely N-dealkylation sites (tertiary alicyclic amines) is 1. The van der Waals surface area contributed by atoms with E-state index in [4.69, 9.17) is 9.84 Å². The van der Waals surface area contributed by atoms with Gasteiger partial charge in [-0.05, 0) is 93.8 Å². The molecule has 178 valence electrons. The zero-order chi connectivity index (χ0) is 22.4. The van der Waals surface area contributed by atoms with Crippen LogP contribution < -0.4 is 0 Å². The Morgan fingerprint density at radius 2 is 1.87 bits per heavy atom. The minimum atomic E-state index is -0.761. The van der Waals surface area contributed by atoms with Crippen molar-refractivity contribution in [3.8, 4) is 0 Å². The van der Waals surface area contributed by atoms with E-state index >= 15 is 0 Å². The summed E-state index contributed by atoms with van der Waals surface area (Å²) in [6.07, 6.45) is 10.2. The Kier molecular flexibility index (Phi) is 6.78. The fourth-order valence-electron chi connectivity index (χ4n) is 8.23. The van der Waals surface area contributed by atoms with E-state index in [1.54, 1.807) is 0 Å². The van der Waals surface area contributed by atoms with Gasteiger partial charge in [-0.25, -0.2) is 0 Å². The second kappa shape index (κ2) is 8.95. The van der Waals surface area contributed by atoms with E-state index < -0.39 is 6.10 Å². The molecule has 0 radical (unpaired) electrons. The Morgan fingerprint density at radius 1 is 1.10 bits per heavy atom. The molecule has 0 aromatic heterocycles. The molecule has 0 aromatic rings. The van der Waals surface area contributed by atoms with E-state index in [9.17, 15) is 9.90 Å². The molecule has 4 aliphatic rings. The second-order valence-corrected chi connectivity index (χ2v) is 11.9. The number of carbonyl (C=O) groups is 1. The number of nitrogens with zero attached hydrogens (tertiary/aromatic N) is 1. The minimum Gasteiger partial charge on any atom is -0.394 e. The van der Waals surface area contributed by atoms with E-state index in [2.05, 4.69) is 18.7 Å². The number of carbonyl (C=O) groups excluding carboxylic acids is 1. The van der Waals surface area contributed by atoms with Crippen molar-refractivity contribution < 1.29 is 19.7 Å². The molecule has 1 heterocycles.